The van der Waals surface area contributed by atoms with Crippen LogP contribution in [0.2, 0.25) is 0 Å². The molecule has 1 aromatic rings. The van der Waals surface area contributed by atoms with Crippen molar-refractivity contribution in [1.82, 2.24) is 0 Å². The highest BCUT2D eigenvalue weighted by Crippen LogP contribution is 2.22. The molecule has 0 atom stereocenters. The van der Waals surface area contributed by atoms with Crippen molar-refractivity contribution in [3.63, 3.8) is 0 Å². The van der Waals surface area contributed by atoms with Crippen molar-refractivity contribution in [2.24, 2.45) is 5.73 Å². The number of aromatic carboxylic acids is 1. The number of aryl methyl sites for hydroxylation is 1. The molecule has 1 amide bonds. The number of carboxylic acids is 1. The van der Waals surface area contributed by atoms with Crippen molar-refractivity contribution in [2.45, 2.75) is 13.3 Å². The van der Waals surface area contributed by atoms with Gasteiger partial charge in [-0.25, -0.2) is 4.79 Å². The predicted octanol–water partition coefficient (Wildman–Crippen LogP) is 0.628. The average molecular weight is 208 g/mol. The van der Waals surface area contributed by atoms with E-state index in [4.69, 9.17) is 16.6 Å². The first-order valence-corrected chi connectivity index (χ1v) is 4.43. The van der Waals surface area contributed by atoms with Gasteiger partial charge in [0.15, 0.2) is 0 Å². The maximum absolute atomic E-state index is 11.1. The normalized spacial score (nSPS) is 9.93. The largest absolute Gasteiger partial charge is 0.478 e. The van der Waals surface area contributed by atoms with Crippen molar-refractivity contribution in [2.75, 3.05) is 5.73 Å². The number of amides is 1. The third-order valence-electron chi connectivity index (χ3n) is 2.19. The first-order chi connectivity index (χ1) is 6.99. The summed E-state index contributed by atoms with van der Waals surface area (Å²) in [5.41, 5.74) is 11.3. The van der Waals surface area contributed by atoms with Gasteiger partial charge in [-0.2, -0.15) is 0 Å². The van der Waals surface area contributed by atoms with E-state index in [0.29, 0.717) is 12.0 Å². The fourth-order valence-corrected chi connectivity index (χ4v) is 1.44. The van der Waals surface area contributed by atoms with E-state index in [9.17, 15) is 9.59 Å². The van der Waals surface area contributed by atoms with Crippen LogP contribution in [0.1, 0.15) is 33.2 Å². The van der Waals surface area contributed by atoms with E-state index in [1.807, 2.05) is 6.92 Å². The molecule has 15 heavy (non-hydrogen) atoms. The highest BCUT2D eigenvalue weighted by Gasteiger charge is 2.17. The molecule has 1 aromatic carbocycles. The number of nitrogen functional groups attached to an aromatic ring is 1. The topological polar surface area (TPSA) is 106 Å². The molecule has 0 aliphatic heterocycles. The Labute approximate surface area is 86.7 Å². The molecule has 0 unspecified atom stereocenters. The minimum atomic E-state index is -1.17. The zero-order valence-electron chi connectivity index (χ0n) is 8.28. The third-order valence-corrected chi connectivity index (χ3v) is 2.19. The van der Waals surface area contributed by atoms with Crippen LogP contribution in [0.4, 0.5) is 5.69 Å². The van der Waals surface area contributed by atoms with E-state index in [1.54, 1.807) is 6.07 Å². The Hall–Kier alpha value is -2.04. The summed E-state index contributed by atoms with van der Waals surface area (Å²) < 4.78 is 0. The zero-order chi connectivity index (χ0) is 11.6. The summed E-state index contributed by atoms with van der Waals surface area (Å²) in [7, 11) is 0. The standard InChI is InChI=1S/C10H12N2O3/c1-2-5-3-4-6(10(14)15)8(11)7(5)9(12)13/h3-4H,2,11H2,1H3,(H2,12,13)(H,14,15). The molecule has 0 fully saturated rings. The first-order valence-electron chi connectivity index (χ1n) is 4.43. The second kappa shape index (κ2) is 4.00. The van der Waals surface area contributed by atoms with Gasteiger partial charge >= 0.3 is 5.97 Å². The van der Waals surface area contributed by atoms with Gasteiger partial charge in [-0.05, 0) is 18.1 Å². The van der Waals surface area contributed by atoms with Gasteiger partial charge in [-0.1, -0.05) is 13.0 Å². The Morgan fingerprint density at radius 3 is 2.40 bits per heavy atom. The van der Waals surface area contributed by atoms with Crippen LogP contribution in [0.25, 0.3) is 0 Å². The van der Waals surface area contributed by atoms with Gasteiger partial charge in [0.1, 0.15) is 0 Å². The fraction of sp³-hybridized carbons (Fsp3) is 0.200. The van der Waals surface area contributed by atoms with Crippen molar-refractivity contribution in [1.29, 1.82) is 0 Å². The number of carboxylic acid groups (broad SMARTS) is 1. The average Bonchev–Trinajstić information content (AvgIpc) is 2.15. The molecule has 5 N–H and O–H groups in total. The molecular weight excluding hydrogens is 196 g/mol. The lowest BCUT2D eigenvalue weighted by Gasteiger charge is -2.10. The summed E-state index contributed by atoms with van der Waals surface area (Å²) >= 11 is 0. The minimum Gasteiger partial charge on any atom is -0.478 e. The maximum atomic E-state index is 11.1. The van der Waals surface area contributed by atoms with Crippen molar-refractivity contribution in [3.8, 4) is 0 Å². The highest BCUT2D eigenvalue weighted by atomic mass is 16.4. The van der Waals surface area contributed by atoms with E-state index < -0.39 is 11.9 Å². The molecule has 80 valence electrons. The van der Waals surface area contributed by atoms with Crippen LogP contribution in [0.15, 0.2) is 12.1 Å². The molecule has 0 heterocycles. The van der Waals surface area contributed by atoms with Crippen molar-refractivity contribution < 1.29 is 14.7 Å². The molecule has 0 saturated carbocycles. The molecule has 0 spiro atoms. The molecule has 0 aromatic heterocycles. The summed E-state index contributed by atoms with van der Waals surface area (Å²) in [5, 5.41) is 8.80. The van der Waals surface area contributed by atoms with E-state index in [-0.39, 0.29) is 16.8 Å². The molecule has 0 bridgehead atoms. The summed E-state index contributed by atoms with van der Waals surface area (Å²) in [6.07, 6.45) is 0.572. The third kappa shape index (κ3) is 1.90. The maximum Gasteiger partial charge on any atom is 0.337 e. The van der Waals surface area contributed by atoms with Gasteiger partial charge in [0.05, 0.1) is 16.8 Å². The zero-order valence-corrected chi connectivity index (χ0v) is 8.28. The highest BCUT2D eigenvalue weighted by molar-refractivity contribution is 6.05. The van der Waals surface area contributed by atoms with Gasteiger partial charge in [-0.3, -0.25) is 4.79 Å². The Morgan fingerprint density at radius 1 is 1.40 bits per heavy atom. The molecular formula is C10H12N2O3. The van der Waals surface area contributed by atoms with Gasteiger partial charge in [0.2, 0.25) is 0 Å². The lowest BCUT2D eigenvalue weighted by Crippen LogP contribution is -2.18. The Morgan fingerprint density at radius 2 is 2.00 bits per heavy atom. The Kier molecular flexibility index (Phi) is 2.94. The second-order valence-electron chi connectivity index (χ2n) is 3.08. The molecule has 5 heteroatoms. The van der Waals surface area contributed by atoms with Gasteiger partial charge in [0.25, 0.3) is 5.91 Å². The number of anilines is 1. The van der Waals surface area contributed by atoms with Crippen LogP contribution in [-0.2, 0) is 6.42 Å². The van der Waals surface area contributed by atoms with Crippen LogP contribution in [0.5, 0.6) is 0 Å². The molecule has 5 nitrogen and oxygen atoms in total. The Balaban J connectivity index is 3.49. The molecule has 0 aliphatic carbocycles. The minimum absolute atomic E-state index is 0.0608. The number of benzene rings is 1. The van der Waals surface area contributed by atoms with E-state index in [1.165, 1.54) is 6.07 Å². The van der Waals surface area contributed by atoms with E-state index in [0.717, 1.165) is 0 Å². The number of carbonyl (C=O) groups excluding carboxylic acids is 1. The van der Waals surface area contributed by atoms with Gasteiger partial charge < -0.3 is 16.6 Å². The van der Waals surface area contributed by atoms with E-state index in [2.05, 4.69) is 0 Å². The molecule has 0 radical (unpaired) electrons. The van der Waals surface area contributed by atoms with Gasteiger partial charge in [-0.15, -0.1) is 0 Å². The number of hydrogen-bond donors (Lipinski definition) is 3. The predicted molar refractivity (Wildman–Crippen MR) is 55.7 cm³/mol. The van der Waals surface area contributed by atoms with Crippen molar-refractivity contribution >= 4 is 17.6 Å². The lowest BCUT2D eigenvalue weighted by atomic mass is 9.99. The summed E-state index contributed by atoms with van der Waals surface area (Å²) in [6.45, 7) is 1.83. The van der Waals surface area contributed by atoms with Crippen LogP contribution < -0.4 is 11.5 Å². The smallest absolute Gasteiger partial charge is 0.337 e. The van der Waals surface area contributed by atoms with Crippen LogP contribution in [0, 0.1) is 0 Å². The van der Waals surface area contributed by atoms with Gasteiger partial charge in [0, 0.05) is 0 Å². The SMILES string of the molecule is CCc1ccc(C(=O)O)c(N)c1C(N)=O. The first kappa shape index (κ1) is 11.0. The second-order valence-corrected chi connectivity index (χ2v) is 3.08. The Bertz CT molecular complexity index is 427. The van der Waals surface area contributed by atoms with Crippen molar-refractivity contribution in [3.05, 3.63) is 28.8 Å². The summed E-state index contributed by atoms with van der Waals surface area (Å²) in [6, 6.07) is 2.93. The summed E-state index contributed by atoms with van der Waals surface area (Å²) in [4.78, 5) is 21.9. The van der Waals surface area contributed by atoms with Crippen LogP contribution in [0.3, 0.4) is 0 Å². The fourth-order valence-electron chi connectivity index (χ4n) is 1.44. The lowest BCUT2D eigenvalue weighted by molar-refractivity contribution is 0.0698. The number of rotatable bonds is 3. The quantitative estimate of drug-likeness (QED) is 0.633. The number of primary amides is 1. The number of nitrogens with two attached hydrogens (primary N) is 2. The molecule has 1 rings (SSSR count). The summed E-state index contributed by atoms with van der Waals surface area (Å²) in [5.74, 6) is -1.87. The number of carbonyl (C=O) groups is 2. The monoisotopic (exact) mass is 208 g/mol. The van der Waals surface area contributed by atoms with Crippen LogP contribution in [-0.4, -0.2) is 17.0 Å². The van der Waals surface area contributed by atoms with Crippen LogP contribution >= 0.6 is 0 Å². The molecule has 0 aliphatic rings. The molecule has 0 saturated heterocycles. The number of hydrogen-bond acceptors (Lipinski definition) is 3. The van der Waals surface area contributed by atoms with E-state index >= 15 is 0 Å².